The average Bonchev–Trinajstić information content (AvgIpc) is 2.25. The highest BCUT2D eigenvalue weighted by Crippen LogP contribution is 2.20. The summed E-state index contributed by atoms with van der Waals surface area (Å²) in [5, 5.41) is 3.44. The Morgan fingerprint density at radius 2 is 1.94 bits per heavy atom. The van der Waals surface area contributed by atoms with Gasteiger partial charge in [0.25, 0.3) is 0 Å². The molecule has 3 nitrogen and oxygen atoms in total. The van der Waals surface area contributed by atoms with Gasteiger partial charge in [0.15, 0.2) is 0 Å². The first-order chi connectivity index (χ1) is 7.24. The normalized spacial score (nSPS) is 24.6. The number of hydrogen-bond acceptors (Lipinski definition) is 3. The van der Waals surface area contributed by atoms with Crippen LogP contribution in [-0.2, 0) is 0 Å². The van der Waals surface area contributed by atoms with E-state index in [4.69, 9.17) is 5.73 Å². The second-order valence-corrected chi connectivity index (χ2v) is 5.03. The molecule has 1 aliphatic carbocycles. The van der Waals surface area contributed by atoms with Crippen molar-refractivity contribution in [2.45, 2.75) is 37.8 Å². The summed E-state index contributed by atoms with van der Waals surface area (Å²) in [7, 11) is 0. The summed E-state index contributed by atoms with van der Waals surface area (Å²) in [4.78, 5) is 4.30. The Morgan fingerprint density at radius 3 is 2.50 bits per heavy atom. The number of rotatable bonds is 2. The largest absolute Gasteiger partial charge is 0.367 e. The first-order valence-electron chi connectivity index (χ1n) is 5.38. The minimum Gasteiger partial charge on any atom is -0.367 e. The molecule has 1 aliphatic rings. The fourth-order valence-electron chi connectivity index (χ4n) is 1.93. The SMILES string of the molecule is Cl.NC1CCC(Nc2ccc(Br)cn2)CC1. The third-order valence-corrected chi connectivity index (χ3v) is 3.32. The van der Waals surface area contributed by atoms with Crippen molar-refractivity contribution in [2.24, 2.45) is 5.73 Å². The van der Waals surface area contributed by atoms with E-state index in [2.05, 4.69) is 26.2 Å². The number of anilines is 1. The van der Waals surface area contributed by atoms with E-state index in [1.54, 1.807) is 0 Å². The predicted molar refractivity (Wildman–Crippen MR) is 73.0 cm³/mol. The lowest BCUT2D eigenvalue weighted by molar-refractivity contribution is 0.410. The molecular weight excluding hydrogens is 289 g/mol. The van der Waals surface area contributed by atoms with Gasteiger partial charge in [0.05, 0.1) is 0 Å². The van der Waals surface area contributed by atoms with Gasteiger partial charge in [-0.25, -0.2) is 4.98 Å². The van der Waals surface area contributed by atoms with Crippen molar-refractivity contribution >= 4 is 34.2 Å². The zero-order valence-corrected chi connectivity index (χ0v) is 11.4. The van der Waals surface area contributed by atoms with Crippen molar-refractivity contribution in [3.8, 4) is 0 Å². The Balaban J connectivity index is 0.00000128. The van der Waals surface area contributed by atoms with Crippen LogP contribution in [0.25, 0.3) is 0 Å². The molecule has 1 fully saturated rings. The minimum atomic E-state index is 0. The number of aromatic nitrogens is 1. The number of nitrogens with zero attached hydrogens (tertiary/aromatic N) is 1. The van der Waals surface area contributed by atoms with Crippen LogP contribution in [0.5, 0.6) is 0 Å². The number of pyridine rings is 1. The quantitative estimate of drug-likeness (QED) is 0.883. The molecule has 90 valence electrons. The summed E-state index contributed by atoms with van der Waals surface area (Å²) >= 11 is 3.37. The third-order valence-electron chi connectivity index (χ3n) is 2.85. The molecule has 1 aromatic heterocycles. The average molecular weight is 307 g/mol. The van der Waals surface area contributed by atoms with Crippen LogP contribution in [0.2, 0.25) is 0 Å². The van der Waals surface area contributed by atoms with Crippen molar-refractivity contribution in [3.05, 3.63) is 22.8 Å². The van der Waals surface area contributed by atoms with E-state index in [-0.39, 0.29) is 12.4 Å². The summed E-state index contributed by atoms with van der Waals surface area (Å²) in [6.45, 7) is 0. The Bertz CT molecular complexity index is 310. The summed E-state index contributed by atoms with van der Waals surface area (Å²) < 4.78 is 1.01. The summed E-state index contributed by atoms with van der Waals surface area (Å²) in [6.07, 6.45) is 6.36. The molecule has 3 N–H and O–H groups in total. The van der Waals surface area contributed by atoms with Gasteiger partial charge in [0, 0.05) is 22.8 Å². The molecule has 1 aromatic rings. The van der Waals surface area contributed by atoms with Crippen LogP contribution in [0.1, 0.15) is 25.7 Å². The van der Waals surface area contributed by atoms with Gasteiger partial charge in [-0.2, -0.15) is 0 Å². The molecule has 0 spiro atoms. The number of nitrogens with one attached hydrogen (secondary N) is 1. The van der Waals surface area contributed by atoms with Crippen molar-refractivity contribution in [3.63, 3.8) is 0 Å². The van der Waals surface area contributed by atoms with Crippen LogP contribution in [-0.4, -0.2) is 17.1 Å². The van der Waals surface area contributed by atoms with Crippen LogP contribution in [0.3, 0.4) is 0 Å². The van der Waals surface area contributed by atoms with Crippen molar-refractivity contribution in [2.75, 3.05) is 5.32 Å². The molecule has 0 saturated heterocycles. The topological polar surface area (TPSA) is 50.9 Å². The Morgan fingerprint density at radius 1 is 1.25 bits per heavy atom. The second kappa shape index (κ2) is 6.42. The van der Waals surface area contributed by atoms with Gasteiger partial charge in [-0.3, -0.25) is 0 Å². The van der Waals surface area contributed by atoms with E-state index in [0.717, 1.165) is 36.0 Å². The monoisotopic (exact) mass is 305 g/mol. The van der Waals surface area contributed by atoms with Gasteiger partial charge in [0.1, 0.15) is 5.82 Å². The molecule has 0 atom stereocenters. The minimum absolute atomic E-state index is 0. The van der Waals surface area contributed by atoms with Crippen LogP contribution in [0.15, 0.2) is 22.8 Å². The van der Waals surface area contributed by atoms with Crippen LogP contribution >= 0.6 is 28.3 Å². The zero-order valence-electron chi connectivity index (χ0n) is 9.03. The Labute approximate surface area is 111 Å². The number of halogens is 2. The molecular formula is C11H17BrClN3. The fourth-order valence-corrected chi connectivity index (χ4v) is 2.17. The van der Waals surface area contributed by atoms with Crippen LogP contribution in [0.4, 0.5) is 5.82 Å². The molecule has 0 aliphatic heterocycles. The molecule has 5 heteroatoms. The van der Waals surface area contributed by atoms with E-state index >= 15 is 0 Å². The maximum Gasteiger partial charge on any atom is 0.126 e. The summed E-state index contributed by atoms with van der Waals surface area (Å²) in [6, 6.07) is 4.95. The molecule has 2 rings (SSSR count). The first-order valence-corrected chi connectivity index (χ1v) is 6.17. The van der Waals surface area contributed by atoms with Gasteiger partial charge in [-0.15, -0.1) is 12.4 Å². The number of hydrogen-bond donors (Lipinski definition) is 2. The zero-order chi connectivity index (χ0) is 10.7. The molecule has 0 unspecified atom stereocenters. The maximum absolute atomic E-state index is 5.86. The predicted octanol–water partition coefficient (Wildman–Crippen LogP) is 2.95. The van der Waals surface area contributed by atoms with Gasteiger partial charge < -0.3 is 11.1 Å². The smallest absolute Gasteiger partial charge is 0.126 e. The Hall–Kier alpha value is -0.320. The van der Waals surface area contributed by atoms with Gasteiger partial charge in [0.2, 0.25) is 0 Å². The lowest BCUT2D eigenvalue weighted by Crippen LogP contribution is -2.32. The van der Waals surface area contributed by atoms with E-state index in [1.807, 2.05) is 18.3 Å². The van der Waals surface area contributed by atoms with Gasteiger partial charge in [-0.05, 0) is 53.7 Å². The first kappa shape index (κ1) is 13.7. The van der Waals surface area contributed by atoms with E-state index in [1.165, 1.54) is 0 Å². The van der Waals surface area contributed by atoms with E-state index < -0.39 is 0 Å². The van der Waals surface area contributed by atoms with Crippen molar-refractivity contribution in [1.29, 1.82) is 0 Å². The summed E-state index contributed by atoms with van der Waals surface area (Å²) in [5.74, 6) is 0.957. The van der Waals surface area contributed by atoms with Crippen LogP contribution in [0, 0.1) is 0 Å². The third kappa shape index (κ3) is 3.92. The fraction of sp³-hybridized carbons (Fsp3) is 0.545. The molecule has 0 amide bonds. The molecule has 0 bridgehead atoms. The highest BCUT2D eigenvalue weighted by molar-refractivity contribution is 9.10. The summed E-state index contributed by atoms with van der Waals surface area (Å²) in [5.41, 5.74) is 5.86. The molecule has 1 heterocycles. The lowest BCUT2D eigenvalue weighted by Gasteiger charge is -2.27. The molecule has 1 saturated carbocycles. The highest BCUT2D eigenvalue weighted by Gasteiger charge is 2.18. The Kier molecular flexibility index (Phi) is 5.52. The highest BCUT2D eigenvalue weighted by atomic mass is 79.9. The van der Waals surface area contributed by atoms with E-state index in [9.17, 15) is 0 Å². The van der Waals surface area contributed by atoms with Gasteiger partial charge in [-0.1, -0.05) is 0 Å². The maximum atomic E-state index is 5.86. The van der Waals surface area contributed by atoms with Gasteiger partial charge >= 0.3 is 0 Å². The lowest BCUT2D eigenvalue weighted by atomic mass is 9.92. The standard InChI is InChI=1S/C11H16BrN3.ClH/c12-8-1-6-11(14-7-8)15-10-4-2-9(13)3-5-10;/h1,6-7,9-10H,2-5,13H2,(H,14,15);1H. The second-order valence-electron chi connectivity index (χ2n) is 4.12. The van der Waals surface area contributed by atoms with Crippen LogP contribution < -0.4 is 11.1 Å². The molecule has 16 heavy (non-hydrogen) atoms. The van der Waals surface area contributed by atoms with Crippen molar-refractivity contribution in [1.82, 2.24) is 4.98 Å². The molecule has 0 radical (unpaired) electrons. The van der Waals surface area contributed by atoms with E-state index in [0.29, 0.717) is 12.1 Å². The number of nitrogens with two attached hydrogens (primary N) is 1. The van der Waals surface area contributed by atoms with Crippen molar-refractivity contribution < 1.29 is 0 Å². The molecule has 0 aromatic carbocycles.